The number of phosphoric ester groups is 2. The normalized spacial score (nSPS) is 14.1. The van der Waals surface area contributed by atoms with E-state index in [9.17, 15) is 43.2 Å². The third-order valence-corrected chi connectivity index (χ3v) is 18.6. The van der Waals surface area contributed by atoms with Crippen LogP contribution >= 0.6 is 15.6 Å². The second-order valence-corrected chi connectivity index (χ2v) is 29.8. The summed E-state index contributed by atoms with van der Waals surface area (Å²) in [5.41, 5.74) is 0. The van der Waals surface area contributed by atoms with E-state index >= 15 is 0 Å². The maximum absolute atomic E-state index is 13.0. The Morgan fingerprint density at radius 3 is 0.747 bits per heavy atom. The van der Waals surface area contributed by atoms with Crippen molar-refractivity contribution in [1.82, 2.24) is 0 Å². The summed E-state index contributed by atoms with van der Waals surface area (Å²) in [7, 11) is -9.90. The maximum atomic E-state index is 13.0. The lowest BCUT2D eigenvalue weighted by Gasteiger charge is -2.21. The lowest BCUT2D eigenvalue weighted by molar-refractivity contribution is -0.161. The smallest absolute Gasteiger partial charge is 0.462 e. The highest BCUT2D eigenvalue weighted by atomic mass is 31.2. The molecule has 0 heterocycles. The topological polar surface area (TPSA) is 237 Å². The largest absolute Gasteiger partial charge is 0.472 e. The number of carbonyl (C=O) groups is 4. The Morgan fingerprint density at radius 1 is 0.297 bits per heavy atom. The number of phosphoric acid groups is 2. The van der Waals surface area contributed by atoms with Gasteiger partial charge >= 0.3 is 39.5 Å². The minimum atomic E-state index is -4.95. The highest BCUT2D eigenvalue weighted by Gasteiger charge is 2.30. The molecule has 0 aromatic rings. The first kappa shape index (κ1) is 89.1. The molecule has 2 unspecified atom stereocenters. The first-order valence-corrected chi connectivity index (χ1v) is 40.5. The summed E-state index contributed by atoms with van der Waals surface area (Å²) in [6, 6.07) is 0. The Labute approximate surface area is 556 Å². The van der Waals surface area contributed by atoms with Crippen molar-refractivity contribution in [3.8, 4) is 0 Å². The SMILES string of the molecule is CCCCCCCCCCCCCCCCCCC(=O)O[C@H](COC(=O)CCCCCCCCCCCCC(C)C)COP(=O)(O)OC[C@@H](O)COP(=O)(O)OC[C@@H](COC(=O)CCCCCCCCCCCCC)OC(=O)CCCCCCCCCCC(C)C. The van der Waals surface area contributed by atoms with Gasteiger partial charge in [-0.05, 0) is 37.5 Å². The summed E-state index contributed by atoms with van der Waals surface area (Å²) >= 11 is 0. The molecular formula is C72H140O17P2. The van der Waals surface area contributed by atoms with Crippen LogP contribution in [-0.4, -0.2) is 96.7 Å². The Bertz CT molecular complexity index is 1770. The average Bonchev–Trinajstić information content (AvgIpc) is 3.24. The molecule has 0 saturated carbocycles. The maximum Gasteiger partial charge on any atom is 0.472 e. The van der Waals surface area contributed by atoms with Crippen LogP contribution in [0.3, 0.4) is 0 Å². The van der Waals surface area contributed by atoms with E-state index in [0.29, 0.717) is 25.7 Å². The molecule has 0 bridgehead atoms. The van der Waals surface area contributed by atoms with Gasteiger partial charge in [-0.15, -0.1) is 0 Å². The lowest BCUT2D eigenvalue weighted by atomic mass is 10.0. The van der Waals surface area contributed by atoms with Crippen molar-refractivity contribution in [1.29, 1.82) is 0 Å². The molecule has 17 nitrogen and oxygen atoms in total. The fourth-order valence-electron chi connectivity index (χ4n) is 10.9. The van der Waals surface area contributed by atoms with E-state index in [0.717, 1.165) is 102 Å². The quantitative estimate of drug-likeness (QED) is 0.0222. The van der Waals surface area contributed by atoms with Crippen LogP contribution in [0, 0.1) is 11.8 Å². The first-order valence-electron chi connectivity index (χ1n) is 37.5. The molecule has 0 amide bonds. The van der Waals surface area contributed by atoms with E-state index in [4.69, 9.17) is 37.0 Å². The molecule has 0 aliphatic carbocycles. The van der Waals surface area contributed by atoms with E-state index < -0.39 is 97.5 Å². The van der Waals surface area contributed by atoms with Gasteiger partial charge in [0.25, 0.3) is 0 Å². The minimum absolute atomic E-state index is 0.105. The zero-order valence-corrected chi connectivity index (χ0v) is 60.9. The molecule has 540 valence electrons. The van der Waals surface area contributed by atoms with Gasteiger partial charge in [0, 0.05) is 25.7 Å². The molecule has 0 aliphatic heterocycles. The Kier molecular flexibility index (Phi) is 62.7. The zero-order valence-electron chi connectivity index (χ0n) is 59.1. The molecule has 0 fully saturated rings. The molecule has 0 saturated heterocycles. The molecule has 5 atom stereocenters. The van der Waals surface area contributed by atoms with Crippen molar-refractivity contribution in [2.24, 2.45) is 11.8 Å². The number of aliphatic hydroxyl groups excluding tert-OH is 1. The molecule has 0 radical (unpaired) electrons. The number of carbonyl (C=O) groups excluding carboxylic acids is 4. The van der Waals surface area contributed by atoms with Crippen molar-refractivity contribution < 1.29 is 80.2 Å². The highest BCUT2D eigenvalue weighted by Crippen LogP contribution is 2.45. The highest BCUT2D eigenvalue weighted by molar-refractivity contribution is 7.47. The van der Waals surface area contributed by atoms with Crippen molar-refractivity contribution in [3.05, 3.63) is 0 Å². The average molecular weight is 1340 g/mol. The molecule has 0 aromatic carbocycles. The Morgan fingerprint density at radius 2 is 0.505 bits per heavy atom. The van der Waals surface area contributed by atoms with Crippen LogP contribution in [0.5, 0.6) is 0 Å². The second-order valence-electron chi connectivity index (χ2n) is 26.9. The van der Waals surface area contributed by atoms with Gasteiger partial charge < -0.3 is 33.8 Å². The van der Waals surface area contributed by atoms with Gasteiger partial charge in [-0.2, -0.15) is 0 Å². The van der Waals surface area contributed by atoms with E-state index in [1.165, 1.54) is 186 Å². The van der Waals surface area contributed by atoms with Gasteiger partial charge in [0.05, 0.1) is 26.4 Å². The number of aliphatic hydroxyl groups is 1. The zero-order chi connectivity index (χ0) is 67.2. The number of rotatable bonds is 71. The standard InChI is InChI=1S/C72H140O17P2/c1-7-9-11-13-15-17-19-20-21-22-23-25-31-38-44-50-56-71(76)88-67(60-83-70(75)55-49-43-37-30-27-26-28-34-40-46-52-64(3)4)62-86-90(78,79)84-58-66(73)59-85-91(80,81)87-63-68(89-72(77)57-51-45-39-33-32-35-41-47-53-65(5)6)61-82-69(74)54-48-42-36-29-24-18-16-14-12-10-8-2/h64-68,73H,7-63H2,1-6H3,(H,78,79)(H,80,81)/t66-,67-,68-/m1/s1. The summed E-state index contributed by atoms with van der Waals surface area (Å²) < 4.78 is 68.4. The van der Waals surface area contributed by atoms with Crippen molar-refractivity contribution >= 4 is 39.5 Å². The van der Waals surface area contributed by atoms with Crippen LogP contribution in [0.25, 0.3) is 0 Å². The van der Waals surface area contributed by atoms with Gasteiger partial charge in [-0.3, -0.25) is 37.3 Å². The molecular weight excluding hydrogens is 1200 g/mol. The monoisotopic (exact) mass is 1340 g/mol. The van der Waals surface area contributed by atoms with E-state index in [-0.39, 0.29) is 25.7 Å². The lowest BCUT2D eigenvalue weighted by Crippen LogP contribution is -2.30. The first-order chi connectivity index (χ1) is 43.9. The molecule has 0 rings (SSSR count). The molecule has 0 spiro atoms. The fourth-order valence-corrected chi connectivity index (χ4v) is 12.5. The Hall–Kier alpha value is -1.94. The molecule has 91 heavy (non-hydrogen) atoms. The summed E-state index contributed by atoms with van der Waals surface area (Å²) in [6.07, 6.45) is 49.9. The number of hydrogen-bond donors (Lipinski definition) is 3. The van der Waals surface area contributed by atoms with E-state index in [1.54, 1.807) is 0 Å². The van der Waals surface area contributed by atoms with Gasteiger partial charge in [0.2, 0.25) is 0 Å². The Balaban J connectivity index is 5.25. The van der Waals surface area contributed by atoms with E-state index in [1.807, 2.05) is 0 Å². The number of unbranched alkanes of at least 4 members (excludes halogenated alkanes) is 41. The van der Waals surface area contributed by atoms with E-state index in [2.05, 4.69) is 41.5 Å². The summed E-state index contributed by atoms with van der Waals surface area (Å²) in [5.74, 6) is -0.644. The van der Waals surface area contributed by atoms with Crippen molar-refractivity contribution in [2.75, 3.05) is 39.6 Å². The number of esters is 4. The predicted molar refractivity (Wildman–Crippen MR) is 368 cm³/mol. The second kappa shape index (κ2) is 64.1. The fraction of sp³-hybridized carbons (Fsp3) is 0.944. The number of ether oxygens (including phenoxy) is 4. The summed E-state index contributed by atoms with van der Waals surface area (Å²) in [5, 5.41) is 10.6. The minimum Gasteiger partial charge on any atom is -0.462 e. The van der Waals surface area contributed by atoms with Crippen LogP contribution in [0.15, 0.2) is 0 Å². The van der Waals surface area contributed by atoms with Crippen molar-refractivity contribution in [2.45, 2.75) is 387 Å². The molecule has 3 N–H and O–H groups in total. The summed E-state index contributed by atoms with van der Waals surface area (Å²) in [4.78, 5) is 72.6. The van der Waals surface area contributed by atoms with Crippen LogP contribution in [0.1, 0.15) is 369 Å². The van der Waals surface area contributed by atoms with Crippen LogP contribution in [-0.2, 0) is 65.4 Å². The third-order valence-electron chi connectivity index (χ3n) is 16.7. The van der Waals surface area contributed by atoms with Gasteiger partial charge in [0.15, 0.2) is 12.2 Å². The third kappa shape index (κ3) is 66.5. The summed E-state index contributed by atoms with van der Waals surface area (Å²) in [6.45, 7) is 9.52. The molecule has 0 aromatic heterocycles. The van der Waals surface area contributed by atoms with Crippen molar-refractivity contribution in [3.63, 3.8) is 0 Å². The van der Waals surface area contributed by atoms with Gasteiger partial charge in [0.1, 0.15) is 19.3 Å². The van der Waals surface area contributed by atoms with Gasteiger partial charge in [-0.25, -0.2) is 9.13 Å². The van der Waals surface area contributed by atoms with Crippen LogP contribution < -0.4 is 0 Å². The van der Waals surface area contributed by atoms with Crippen LogP contribution in [0.2, 0.25) is 0 Å². The molecule has 0 aliphatic rings. The predicted octanol–water partition coefficient (Wildman–Crippen LogP) is 20.8. The number of hydrogen-bond acceptors (Lipinski definition) is 15. The van der Waals surface area contributed by atoms with Crippen LogP contribution in [0.4, 0.5) is 0 Å². The van der Waals surface area contributed by atoms with Gasteiger partial charge in [-0.1, -0.05) is 318 Å². The molecule has 19 heteroatoms.